The van der Waals surface area contributed by atoms with Crippen molar-refractivity contribution in [3.05, 3.63) is 24.3 Å². The Morgan fingerprint density at radius 3 is 2.70 bits per heavy atom. The summed E-state index contributed by atoms with van der Waals surface area (Å²) in [6, 6.07) is 7.93. The summed E-state index contributed by atoms with van der Waals surface area (Å²) in [5.74, 6) is 0.562. The molecule has 23 heavy (non-hydrogen) atoms. The molecule has 2 N–H and O–H groups in total. The minimum Gasteiger partial charge on any atom is -0.443 e. The fourth-order valence-corrected chi connectivity index (χ4v) is 2.76. The number of nitrogens with one attached hydrogen (secondary N) is 2. The van der Waals surface area contributed by atoms with Gasteiger partial charge < -0.3 is 15.4 Å². The van der Waals surface area contributed by atoms with E-state index in [1.807, 2.05) is 45.0 Å². The van der Waals surface area contributed by atoms with Crippen LogP contribution in [0.1, 0.15) is 33.6 Å². The molecule has 0 saturated carbocycles. The lowest BCUT2D eigenvalue weighted by molar-refractivity contribution is 0.0547. The Bertz CT molecular complexity index is 696. The van der Waals surface area contributed by atoms with Crippen LogP contribution in [0.2, 0.25) is 0 Å². The van der Waals surface area contributed by atoms with Crippen LogP contribution in [0.25, 0.3) is 11.0 Å². The van der Waals surface area contributed by atoms with Gasteiger partial charge >= 0.3 is 6.09 Å². The van der Waals surface area contributed by atoms with E-state index < -0.39 is 11.7 Å². The Morgan fingerprint density at radius 2 is 2.00 bits per heavy atom. The number of rotatable bonds is 2. The van der Waals surface area contributed by atoms with E-state index in [4.69, 9.17) is 4.74 Å². The molecule has 2 aromatic rings. The predicted molar refractivity (Wildman–Crippen MR) is 90.9 cm³/mol. The van der Waals surface area contributed by atoms with E-state index in [0.717, 1.165) is 37.0 Å². The second kappa shape index (κ2) is 6.20. The standard InChI is InChI=1S/C17H24N4O2/c1-17(2,3)23-16(22)21-14-7-5-4-6-13(14)20-15(21)19-12-8-10-18-11-9-12/h4-7,12,18H,8-11H2,1-3H3,(H,19,20). The summed E-state index contributed by atoms with van der Waals surface area (Å²) in [7, 11) is 0. The summed E-state index contributed by atoms with van der Waals surface area (Å²) in [4.78, 5) is 17.2. The Hall–Kier alpha value is -2.08. The number of carbonyl (C=O) groups excluding carboxylic acids is 1. The van der Waals surface area contributed by atoms with Crippen molar-refractivity contribution in [2.24, 2.45) is 0 Å². The van der Waals surface area contributed by atoms with Crippen molar-refractivity contribution in [2.45, 2.75) is 45.3 Å². The number of piperidine rings is 1. The molecule has 0 spiro atoms. The van der Waals surface area contributed by atoms with Gasteiger partial charge in [0.05, 0.1) is 11.0 Å². The molecule has 1 aromatic heterocycles. The highest BCUT2D eigenvalue weighted by atomic mass is 16.6. The van der Waals surface area contributed by atoms with Gasteiger partial charge in [-0.3, -0.25) is 0 Å². The number of hydrogen-bond acceptors (Lipinski definition) is 5. The Kier molecular flexibility index (Phi) is 4.26. The molecule has 1 aliphatic rings. The molecule has 1 fully saturated rings. The van der Waals surface area contributed by atoms with Crippen molar-refractivity contribution in [3.8, 4) is 0 Å². The zero-order valence-electron chi connectivity index (χ0n) is 13.9. The molecular formula is C17H24N4O2. The van der Waals surface area contributed by atoms with Gasteiger partial charge in [-0.1, -0.05) is 12.1 Å². The maximum atomic E-state index is 12.6. The maximum Gasteiger partial charge on any atom is 0.421 e. The van der Waals surface area contributed by atoms with E-state index in [9.17, 15) is 4.79 Å². The maximum absolute atomic E-state index is 12.6. The number of imidazole rings is 1. The molecule has 0 bridgehead atoms. The van der Waals surface area contributed by atoms with Crippen molar-refractivity contribution >= 4 is 23.1 Å². The van der Waals surface area contributed by atoms with Crippen LogP contribution < -0.4 is 10.6 Å². The Morgan fingerprint density at radius 1 is 1.30 bits per heavy atom. The molecule has 1 saturated heterocycles. The van der Waals surface area contributed by atoms with Gasteiger partial charge in [0.15, 0.2) is 0 Å². The van der Waals surface area contributed by atoms with Crippen LogP contribution in [-0.4, -0.2) is 40.4 Å². The fraction of sp³-hybridized carbons (Fsp3) is 0.529. The predicted octanol–water partition coefficient (Wildman–Crippen LogP) is 2.98. The Balaban J connectivity index is 1.95. The molecule has 0 aliphatic carbocycles. The number of hydrogen-bond donors (Lipinski definition) is 2. The summed E-state index contributed by atoms with van der Waals surface area (Å²) < 4.78 is 7.10. The van der Waals surface area contributed by atoms with Crippen molar-refractivity contribution in [1.82, 2.24) is 14.9 Å². The zero-order chi connectivity index (χ0) is 16.4. The van der Waals surface area contributed by atoms with Gasteiger partial charge in [0.25, 0.3) is 0 Å². The van der Waals surface area contributed by atoms with Gasteiger partial charge in [0.2, 0.25) is 5.95 Å². The number of ether oxygens (including phenoxy) is 1. The summed E-state index contributed by atoms with van der Waals surface area (Å²) in [6.45, 7) is 7.55. The van der Waals surface area contributed by atoms with Crippen LogP contribution in [0, 0.1) is 0 Å². The number of nitrogens with zero attached hydrogens (tertiary/aromatic N) is 2. The SMILES string of the molecule is CC(C)(C)OC(=O)n1c(NC2CCNCC2)nc2ccccc21. The summed E-state index contributed by atoms with van der Waals surface area (Å²) in [5, 5.41) is 6.75. The molecule has 1 aromatic carbocycles. The monoisotopic (exact) mass is 316 g/mol. The van der Waals surface area contributed by atoms with E-state index >= 15 is 0 Å². The lowest BCUT2D eigenvalue weighted by Gasteiger charge is -2.25. The first kappa shape index (κ1) is 15.8. The number of anilines is 1. The molecule has 6 nitrogen and oxygen atoms in total. The van der Waals surface area contributed by atoms with Gasteiger partial charge in [-0.05, 0) is 58.8 Å². The third kappa shape index (κ3) is 3.64. The van der Waals surface area contributed by atoms with Gasteiger partial charge in [0.1, 0.15) is 5.60 Å². The molecule has 3 rings (SSSR count). The topological polar surface area (TPSA) is 68.2 Å². The van der Waals surface area contributed by atoms with E-state index in [0.29, 0.717) is 12.0 Å². The molecule has 0 amide bonds. The van der Waals surface area contributed by atoms with Gasteiger partial charge in [-0.25, -0.2) is 14.3 Å². The average molecular weight is 316 g/mol. The molecule has 0 radical (unpaired) electrons. The number of para-hydroxylation sites is 2. The fourth-order valence-electron chi connectivity index (χ4n) is 2.76. The first-order chi connectivity index (χ1) is 10.9. The highest BCUT2D eigenvalue weighted by Crippen LogP contribution is 2.23. The molecule has 6 heteroatoms. The quantitative estimate of drug-likeness (QED) is 0.891. The number of fused-ring (bicyclic) bond motifs is 1. The lowest BCUT2D eigenvalue weighted by Crippen LogP contribution is -2.36. The second-order valence-electron chi connectivity index (χ2n) is 6.91. The molecule has 1 aliphatic heterocycles. The smallest absolute Gasteiger partial charge is 0.421 e. The van der Waals surface area contributed by atoms with E-state index in [2.05, 4.69) is 15.6 Å². The van der Waals surface area contributed by atoms with Crippen molar-refractivity contribution in [3.63, 3.8) is 0 Å². The first-order valence-electron chi connectivity index (χ1n) is 8.12. The minimum absolute atomic E-state index is 0.314. The van der Waals surface area contributed by atoms with Crippen molar-refractivity contribution in [2.75, 3.05) is 18.4 Å². The van der Waals surface area contributed by atoms with Gasteiger partial charge in [-0.15, -0.1) is 0 Å². The second-order valence-corrected chi connectivity index (χ2v) is 6.91. The molecule has 0 atom stereocenters. The molecule has 2 heterocycles. The van der Waals surface area contributed by atoms with Crippen molar-refractivity contribution < 1.29 is 9.53 Å². The molecule has 0 unspecified atom stereocenters. The summed E-state index contributed by atoms with van der Waals surface area (Å²) in [6.07, 6.45) is 1.62. The number of benzene rings is 1. The van der Waals surface area contributed by atoms with Crippen LogP contribution in [0.5, 0.6) is 0 Å². The number of carbonyl (C=O) groups is 1. The largest absolute Gasteiger partial charge is 0.443 e. The van der Waals surface area contributed by atoms with E-state index in [1.54, 1.807) is 4.57 Å². The third-order valence-electron chi connectivity index (χ3n) is 3.81. The molecule has 124 valence electrons. The highest BCUT2D eigenvalue weighted by Gasteiger charge is 2.24. The lowest BCUT2D eigenvalue weighted by atomic mass is 10.1. The van der Waals surface area contributed by atoms with Crippen LogP contribution in [-0.2, 0) is 4.74 Å². The van der Waals surface area contributed by atoms with Crippen LogP contribution in [0.15, 0.2) is 24.3 Å². The van der Waals surface area contributed by atoms with Crippen LogP contribution in [0.3, 0.4) is 0 Å². The normalized spacial score (nSPS) is 16.5. The molecular weight excluding hydrogens is 292 g/mol. The van der Waals surface area contributed by atoms with Gasteiger partial charge in [0, 0.05) is 6.04 Å². The van der Waals surface area contributed by atoms with Crippen LogP contribution in [0.4, 0.5) is 10.7 Å². The first-order valence-corrected chi connectivity index (χ1v) is 8.12. The third-order valence-corrected chi connectivity index (χ3v) is 3.81. The Labute approximate surface area is 136 Å². The zero-order valence-corrected chi connectivity index (χ0v) is 13.9. The summed E-state index contributed by atoms with van der Waals surface area (Å²) >= 11 is 0. The summed E-state index contributed by atoms with van der Waals surface area (Å²) in [5.41, 5.74) is 1.00. The van der Waals surface area contributed by atoms with E-state index in [1.165, 1.54) is 0 Å². The van der Waals surface area contributed by atoms with Crippen molar-refractivity contribution in [1.29, 1.82) is 0 Å². The minimum atomic E-state index is -0.547. The van der Waals surface area contributed by atoms with Crippen LogP contribution >= 0.6 is 0 Å². The van der Waals surface area contributed by atoms with E-state index in [-0.39, 0.29) is 0 Å². The number of aromatic nitrogens is 2. The highest BCUT2D eigenvalue weighted by molar-refractivity contribution is 5.90. The van der Waals surface area contributed by atoms with Gasteiger partial charge in [-0.2, -0.15) is 0 Å². The average Bonchev–Trinajstić information content (AvgIpc) is 2.84.